The lowest BCUT2D eigenvalue weighted by Gasteiger charge is -2.14. The molecule has 0 aliphatic carbocycles. The summed E-state index contributed by atoms with van der Waals surface area (Å²) in [4.78, 5) is 11.9. The Bertz CT molecular complexity index is 657. The molecule has 0 fully saturated rings. The summed E-state index contributed by atoms with van der Waals surface area (Å²) >= 11 is 0. The largest absolute Gasteiger partial charge is 0.491 e. The predicted molar refractivity (Wildman–Crippen MR) is 94.5 cm³/mol. The third kappa shape index (κ3) is 5.99. The maximum absolute atomic E-state index is 11.9. The third-order valence-electron chi connectivity index (χ3n) is 3.41. The molecule has 3 nitrogen and oxygen atoms in total. The average molecular weight is 309 g/mol. The van der Waals surface area contributed by atoms with E-state index in [1.54, 1.807) is 6.08 Å². The number of hydrogen-bond donors (Lipinski definition) is 1. The first-order chi connectivity index (χ1) is 11.0. The molecule has 3 heteroatoms. The van der Waals surface area contributed by atoms with E-state index < -0.39 is 0 Å². The zero-order valence-electron chi connectivity index (χ0n) is 13.9. The van der Waals surface area contributed by atoms with Gasteiger partial charge in [-0.05, 0) is 44.5 Å². The van der Waals surface area contributed by atoms with Gasteiger partial charge < -0.3 is 10.1 Å². The van der Waals surface area contributed by atoms with Gasteiger partial charge in [0.2, 0.25) is 5.91 Å². The Morgan fingerprint density at radius 1 is 1.04 bits per heavy atom. The van der Waals surface area contributed by atoms with E-state index in [2.05, 4.69) is 5.32 Å². The van der Waals surface area contributed by atoms with Crippen molar-refractivity contribution in [1.29, 1.82) is 0 Å². The van der Waals surface area contributed by atoms with Crippen molar-refractivity contribution in [1.82, 2.24) is 5.32 Å². The molecular formula is C20H23NO2. The Morgan fingerprint density at radius 3 is 2.22 bits per heavy atom. The number of benzene rings is 2. The zero-order chi connectivity index (χ0) is 16.7. The number of nitrogens with one attached hydrogen (secondary N) is 1. The van der Waals surface area contributed by atoms with Crippen LogP contribution < -0.4 is 10.1 Å². The molecule has 23 heavy (non-hydrogen) atoms. The van der Waals surface area contributed by atoms with Gasteiger partial charge in [-0.2, -0.15) is 0 Å². The van der Waals surface area contributed by atoms with Crippen LogP contribution in [0.5, 0.6) is 5.75 Å². The smallest absolute Gasteiger partial charge is 0.244 e. The van der Waals surface area contributed by atoms with Crippen molar-refractivity contribution in [3.05, 3.63) is 71.3 Å². The molecule has 120 valence electrons. The summed E-state index contributed by atoms with van der Waals surface area (Å²) in [7, 11) is 0. The SMILES string of the molecule is Cc1ccc(/C=C/C(=O)N[C@@H](C)COc2ccc(C)cc2)cc1. The normalized spacial score (nSPS) is 12.1. The molecule has 0 spiro atoms. The quantitative estimate of drug-likeness (QED) is 0.822. The van der Waals surface area contributed by atoms with E-state index in [4.69, 9.17) is 4.74 Å². The lowest BCUT2D eigenvalue weighted by Crippen LogP contribution is -2.35. The van der Waals surface area contributed by atoms with Crippen LogP contribution in [0.15, 0.2) is 54.6 Å². The maximum Gasteiger partial charge on any atom is 0.244 e. The van der Waals surface area contributed by atoms with E-state index >= 15 is 0 Å². The van der Waals surface area contributed by atoms with Gasteiger partial charge in [0.25, 0.3) is 0 Å². The maximum atomic E-state index is 11.9. The molecular weight excluding hydrogens is 286 g/mol. The summed E-state index contributed by atoms with van der Waals surface area (Å²) in [5, 5.41) is 2.89. The van der Waals surface area contributed by atoms with E-state index in [9.17, 15) is 4.79 Å². The van der Waals surface area contributed by atoms with Crippen LogP contribution in [0.2, 0.25) is 0 Å². The number of carbonyl (C=O) groups excluding carboxylic acids is 1. The van der Waals surface area contributed by atoms with Crippen LogP contribution in [0.25, 0.3) is 6.08 Å². The topological polar surface area (TPSA) is 38.3 Å². The van der Waals surface area contributed by atoms with E-state index in [1.165, 1.54) is 11.1 Å². The van der Waals surface area contributed by atoms with Crippen molar-refractivity contribution in [3.8, 4) is 5.75 Å². The minimum Gasteiger partial charge on any atom is -0.491 e. The Hall–Kier alpha value is -2.55. The average Bonchev–Trinajstić information content (AvgIpc) is 2.54. The molecule has 0 aromatic heterocycles. The van der Waals surface area contributed by atoms with Crippen LogP contribution in [-0.2, 0) is 4.79 Å². The third-order valence-corrected chi connectivity index (χ3v) is 3.41. The van der Waals surface area contributed by atoms with Crippen molar-refractivity contribution in [2.24, 2.45) is 0 Å². The minimum atomic E-state index is -0.120. The van der Waals surface area contributed by atoms with Crippen molar-refractivity contribution >= 4 is 12.0 Å². The van der Waals surface area contributed by atoms with Gasteiger partial charge in [-0.3, -0.25) is 4.79 Å². The summed E-state index contributed by atoms with van der Waals surface area (Å²) in [6, 6.07) is 15.8. The Morgan fingerprint density at radius 2 is 1.61 bits per heavy atom. The van der Waals surface area contributed by atoms with Crippen LogP contribution in [0.3, 0.4) is 0 Å². The minimum absolute atomic E-state index is 0.0635. The fraction of sp³-hybridized carbons (Fsp3) is 0.250. The molecule has 0 unspecified atom stereocenters. The highest BCUT2D eigenvalue weighted by atomic mass is 16.5. The molecule has 1 atom stereocenters. The number of hydrogen-bond acceptors (Lipinski definition) is 2. The van der Waals surface area contributed by atoms with Crippen molar-refractivity contribution < 1.29 is 9.53 Å². The van der Waals surface area contributed by atoms with Gasteiger partial charge in [0.1, 0.15) is 12.4 Å². The Labute approximate surface area is 138 Å². The standard InChI is InChI=1S/C20H23NO2/c1-15-4-8-18(9-5-15)10-13-20(22)21-17(3)14-23-19-11-6-16(2)7-12-19/h4-13,17H,14H2,1-3H3,(H,21,22)/b13-10+/t17-/m0/s1. The lowest BCUT2D eigenvalue weighted by molar-refractivity contribution is -0.117. The molecule has 1 amide bonds. The number of ether oxygens (including phenoxy) is 1. The Kier molecular flexibility index (Phi) is 5.98. The van der Waals surface area contributed by atoms with Crippen LogP contribution in [0.4, 0.5) is 0 Å². The van der Waals surface area contributed by atoms with Crippen molar-refractivity contribution in [3.63, 3.8) is 0 Å². The van der Waals surface area contributed by atoms with E-state index in [0.29, 0.717) is 6.61 Å². The fourth-order valence-electron chi connectivity index (χ4n) is 2.04. The summed E-state index contributed by atoms with van der Waals surface area (Å²) < 4.78 is 5.66. The van der Waals surface area contributed by atoms with Crippen molar-refractivity contribution in [2.75, 3.05) is 6.61 Å². The molecule has 0 heterocycles. The van der Waals surface area contributed by atoms with Crippen LogP contribution in [0.1, 0.15) is 23.6 Å². The molecule has 1 N–H and O–H groups in total. The summed E-state index contributed by atoms with van der Waals surface area (Å²) in [5.41, 5.74) is 3.41. The predicted octanol–water partition coefficient (Wildman–Crippen LogP) is 3.90. The highest BCUT2D eigenvalue weighted by molar-refractivity contribution is 5.91. The van der Waals surface area contributed by atoms with Gasteiger partial charge in [-0.1, -0.05) is 47.5 Å². The lowest BCUT2D eigenvalue weighted by atomic mass is 10.1. The molecule has 0 aliphatic heterocycles. The van der Waals surface area contributed by atoms with Gasteiger partial charge in [0, 0.05) is 6.08 Å². The van der Waals surface area contributed by atoms with E-state index in [-0.39, 0.29) is 11.9 Å². The van der Waals surface area contributed by atoms with Gasteiger partial charge in [-0.25, -0.2) is 0 Å². The fourth-order valence-corrected chi connectivity index (χ4v) is 2.04. The highest BCUT2D eigenvalue weighted by Gasteiger charge is 2.05. The molecule has 2 aromatic rings. The number of amides is 1. The van der Waals surface area contributed by atoms with E-state index in [0.717, 1.165) is 11.3 Å². The van der Waals surface area contributed by atoms with Gasteiger partial charge in [0.15, 0.2) is 0 Å². The Balaban J connectivity index is 1.77. The second kappa shape index (κ2) is 8.18. The van der Waals surface area contributed by atoms with Crippen LogP contribution >= 0.6 is 0 Å². The summed E-state index contributed by atoms with van der Waals surface area (Å²) in [6.07, 6.45) is 3.36. The summed E-state index contributed by atoms with van der Waals surface area (Å²) in [5.74, 6) is 0.692. The first-order valence-electron chi connectivity index (χ1n) is 7.77. The van der Waals surface area contributed by atoms with E-state index in [1.807, 2.05) is 75.4 Å². The first kappa shape index (κ1) is 16.8. The second-order valence-electron chi connectivity index (χ2n) is 5.78. The molecule has 2 aromatic carbocycles. The monoisotopic (exact) mass is 309 g/mol. The second-order valence-corrected chi connectivity index (χ2v) is 5.78. The zero-order valence-corrected chi connectivity index (χ0v) is 13.9. The van der Waals surface area contributed by atoms with Gasteiger partial charge in [0.05, 0.1) is 6.04 Å². The molecule has 2 rings (SSSR count). The van der Waals surface area contributed by atoms with Crippen LogP contribution in [0, 0.1) is 13.8 Å². The number of rotatable bonds is 6. The first-order valence-corrected chi connectivity index (χ1v) is 7.77. The molecule has 0 bridgehead atoms. The molecule has 0 radical (unpaired) electrons. The highest BCUT2D eigenvalue weighted by Crippen LogP contribution is 2.11. The number of carbonyl (C=O) groups is 1. The number of aryl methyl sites for hydroxylation is 2. The van der Waals surface area contributed by atoms with Gasteiger partial charge >= 0.3 is 0 Å². The van der Waals surface area contributed by atoms with Crippen LogP contribution in [-0.4, -0.2) is 18.6 Å². The molecule has 0 saturated heterocycles. The van der Waals surface area contributed by atoms with Crippen molar-refractivity contribution in [2.45, 2.75) is 26.8 Å². The van der Waals surface area contributed by atoms with Gasteiger partial charge in [-0.15, -0.1) is 0 Å². The summed E-state index contributed by atoms with van der Waals surface area (Å²) in [6.45, 7) is 6.43. The molecule has 0 aliphatic rings. The molecule has 0 saturated carbocycles.